The van der Waals surface area contributed by atoms with Crippen LogP contribution in [0.25, 0.3) is 0 Å². The fourth-order valence-electron chi connectivity index (χ4n) is 5.53. The van der Waals surface area contributed by atoms with Gasteiger partial charge in [0, 0.05) is 5.41 Å². The van der Waals surface area contributed by atoms with Crippen molar-refractivity contribution >= 4 is 0 Å². The maximum Gasteiger partial charge on any atom is 0.000504 e. The molecule has 1 fully saturated rings. The first-order chi connectivity index (χ1) is 7.32. The van der Waals surface area contributed by atoms with Crippen molar-refractivity contribution in [3.05, 3.63) is 11.1 Å². The summed E-state index contributed by atoms with van der Waals surface area (Å²) in [6.45, 7) is 24.5. The van der Waals surface area contributed by atoms with E-state index in [-0.39, 0.29) is 0 Å². The Balaban J connectivity index is 2.81. The fraction of sp³-hybridized carbons (Fsp3) is 0.882. The Bertz CT molecular complexity index is 419. The molecule has 1 saturated carbocycles. The summed E-state index contributed by atoms with van der Waals surface area (Å²) >= 11 is 0. The Morgan fingerprint density at radius 2 is 1.00 bits per heavy atom. The first-order valence-electron chi connectivity index (χ1n) is 7.00. The molecule has 0 N–H and O–H groups in total. The van der Waals surface area contributed by atoms with Crippen molar-refractivity contribution in [3.63, 3.8) is 0 Å². The van der Waals surface area contributed by atoms with Gasteiger partial charge in [0.15, 0.2) is 0 Å². The summed E-state index contributed by atoms with van der Waals surface area (Å²) in [6.07, 6.45) is 0. The van der Waals surface area contributed by atoms with Crippen LogP contribution in [0.5, 0.6) is 0 Å². The second-order valence-corrected chi connectivity index (χ2v) is 8.38. The minimum absolute atomic E-state index is 0.291. The highest BCUT2D eigenvalue weighted by Gasteiger charge is 2.85. The lowest BCUT2D eigenvalue weighted by molar-refractivity contribution is 0.0151. The van der Waals surface area contributed by atoms with Crippen LogP contribution in [0.2, 0.25) is 0 Å². The molecule has 0 heteroatoms. The van der Waals surface area contributed by atoms with E-state index in [1.165, 1.54) is 0 Å². The molecular weight excluding hydrogens is 204 g/mol. The zero-order chi connectivity index (χ0) is 13.7. The number of hydrogen-bond acceptors (Lipinski definition) is 0. The van der Waals surface area contributed by atoms with E-state index in [0.717, 1.165) is 0 Å². The molecule has 0 spiro atoms. The van der Waals surface area contributed by atoms with E-state index < -0.39 is 0 Å². The zero-order valence-electron chi connectivity index (χ0n) is 13.5. The molecule has 2 aliphatic rings. The van der Waals surface area contributed by atoms with E-state index >= 15 is 0 Å². The van der Waals surface area contributed by atoms with Crippen molar-refractivity contribution in [2.45, 2.75) is 69.2 Å². The molecule has 0 aromatic rings. The van der Waals surface area contributed by atoms with Gasteiger partial charge in [-0.15, -0.1) is 0 Å². The smallest absolute Gasteiger partial charge is 0.000504 e. The maximum atomic E-state index is 2.52. The van der Waals surface area contributed by atoms with Crippen LogP contribution in [0, 0.1) is 27.1 Å². The van der Waals surface area contributed by atoms with Gasteiger partial charge in [-0.1, -0.05) is 66.5 Å². The predicted octanol–water partition coefficient (Wildman–Crippen LogP) is 5.44. The second-order valence-electron chi connectivity index (χ2n) is 8.38. The summed E-state index contributed by atoms with van der Waals surface area (Å²) in [7, 11) is 0. The van der Waals surface area contributed by atoms with E-state index in [9.17, 15) is 0 Å². The van der Waals surface area contributed by atoms with Crippen molar-refractivity contribution in [3.8, 4) is 0 Å². The summed E-state index contributed by atoms with van der Waals surface area (Å²) in [5.41, 5.74) is 5.08. The molecule has 0 nitrogen and oxygen atoms in total. The minimum atomic E-state index is 0.291. The van der Waals surface area contributed by atoms with Crippen LogP contribution in [0.1, 0.15) is 69.2 Å². The third kappa shape index (κ3) is 0.861. The molecule has 0 aromatic carbocycles. The molecule has 2 aliphatic carbocycles. The molecule has 0 saturated heterocycles. The number of fused-ring (bicyclic) bond motifs is 1. The number of hydrogen-bond donors (Lipinski definition) is 0. The Kier molecular flexibility index (Phi) is 2.08. The van der Waals surface area contributed by atoms with E-state index in [0.29, 0.717) is 27.1 Å². The Labute approximate surface area is 108 Å². The van der Waals surface area contributed by atoms with Crippen molar-refractivity contribution in [1.29, 1.82) is 0 Å². The highest BCUT2D eigenvalue weighted by molar-refractivity contribution is 5.48. The van der Waals surface area contributed by atoms with Crippen LogP contribution in [0.4, 0.5) is 0 Å². The zero-order valence-corrected chi connectivity index (χ0v) is 13.5. The lowest BCUT2D eigenvalue weighted by Crippen LogP contribution is -2.46. The maximum absolute atomic E-state index is 2.52. The molecule has 98 valence electrons. The van der Waals surface area contributed by atoms with Crippen LogP contribution in [-0.4, -0.2) is 0 Å². The lowest BCUT2D eigenvalue weighted by atomic mass is 9.50. The van der Waals surface area contributed by atoms with Gasteiger partial charge in [-0.2, -0.15) is 0 Å². The molecule has 0 bridgehead atoms. The SMILES string of the molecule is CC1=C(C)C2(C)C(C)(C)C2(C)C(C)(C)C1(C)C. The molecular formula is C17H30. The van der Waals surface area contributed by atoms with Gasteiger partial charge in [-0.25, -0.2) is 0 Å². The highest BCUT2D eigenvalue weighted by atomic mass is 14.9. The third-order valence-corrected chi connectivity index (χ3v) is 8.50. The van der Waals surface area contributed by atoms with Gasteiger partial charge in [0.2, 0.25) is 0 Å². The van der Waals surface area contributed by atoms with Crippen molar-refractivity contribution in [2.75, 3.05) is 0 Å². The van der Waals surface area contributed by atoms with Gasteiger partial charge in [-0.3, -0.25) is 0 Å². The first-order valence-corrected chi connectivity index (χ1v) is 7.00. The van der Waals surface area contributed by atoms with Crippen LogP contribution in [0.3, 0.4) is 0 Å². The van der Waals surface area contributed by atoms with Crippen LogP contribution >= 0.6 is 0 Å². The molecule has 0 aromatic heterocycles. The summed E-state index contributed by atoms with van der Waals surface area (Å²) in [5.74, 6) is 0. The van der Waals surface area contributed by atoms with Crippen LogP contribution in [0.15, 0.2) is 11.1 Å². The van der Waals surface area contributed by atoms with Crippen LogP contribution < -0.4 is 0 Å². The average Bonchev–Trinajstić information content (AvgIpc) is 2.57. The molecule has 2 unspecified atom stereocenters. The van der Waals surface area contributed by atoms with E-state index in [2.05, 4.69) is 69.2 Å². The molecule has 0 heterocycles. The van der Waals surface area contributed by atoms with Gasteiger partial charge in [0.1, 0.15) is 0 Å². The first kappa shape index (κ1) is 13.2. The predicted molar refractivity (Wildman–Crippen MR) is 75.9 cm³/mol. The standard InChI is InChI=1S/C17H30/c1-11-12(2)16(9)15(7,8)17(16,10)14(5,6)13(11,3)4/h1-10H3. The van der Waals surface area contributed by atoms with Gasteiger partial charge >= 0.3 is 0 Å². The summed E-state index contributed by atoms with van der Waals surface area (Å²) in [6, 6.07) is 0. The van der Waals surface area contributed by atoms with E-state index in [1.54, 1.807) is 11.1 Å². The Morgan fingerprint density at radius 1 is 0.588 bits per heavy atom. The van der Waals surface area contributed by atoms with E-state index in [4.69, 9.17) is 0 Å². The summed E-state index contributed by atoms with van der Waals surface area (Å²) < 4.78 is 0. The van der Waals surface area contributed by atoms with Crippen LogP contribution in [-0.2, 0) is 0 Å². The summed E-state index contributed by atoms with van der Waals surface area (Å²) in [5, 5.41) is 0. The minimum Gasteiger partial charge on any atom is -0.0676 e. The summed E-state index contributed by atoms with van der Waals surface area (Å²) in [4.78, 5) is 0. The van der Waals surface area contributed by atoms with Gasteiger partial charge < -0.3 is 0 Å². The quantitative estimate of drug-likeness (QED) is 0.489. The number of allylic oxidation sites excluding steroid dienone is 2. The fourth-order valence-corrected chi connectivity index (χ4v) is 5.53. The molecule has 2 atom stereocenters. The largest absolute Gasteiger partial charge is 0.0676 e. The van der Waals surface area contributed by atoms with Crippen molar-refractivity contribution < 1.29 is 0 Å². The molecule has 0 amide bonds. The van der Waals surface area contributed by atoms with Gasteiger partial charge in [0.25, 0.3) is 0 Å². The topological polar surface area (TPSA) is 0 Å². The van der Waals surface area contributed by atoms with Crippen molar-refractivity contribution in [2.24, 2.45) is 27.1 Å². The van der Waals surface area contributed by atoms with Gasteiger partial charge in [-0.05, 0) is 35.5 Å². The third-order valence-electron chi connectivity index (χ3n) is 8.50. The lowest BCUT2D eigenvalue weighted by Gasteiger charge is -2.54. The van der Waals surface area contributed by atoms with Crippen molar-refractivity contribution in [1.82, 2.24) is 0 Å². The molecule has 2 rings (SSSR count). The Morgan fingerprint density at radius 3 is 1.41 bits per heavy atom. The average molecular weight is 234 g/mol. The molecule has 17 heavy (non-hydrogen) atoms. The molecule has 0 radical (unpaired) electrons. The monoisotopic (exact) mass is 234 g/mol. The normalized spacial score (nSPS) is 45.5. The van der Waals surface area contributed by atoms with Gasteiger partial charge in [0.05, 0.1) is 0 Å². The molecule has 0 aliphatic heterocycles. The highest BCUT2D eigenvalue weighted by Crippen LogP contribution is 2.90. The van der Waals surface area contributed by atoms with E-state index in [1.807, 2.05) is 0 Å². The Hall–Kier alpha value is -0.260. The number of rotatable bonds is 0. The second kappa shape index (κ2) is 2.68.